The van der Waals surface area contributed by atoms with Crippen LogP contribution in [-0.2, 0) is 0 Å². The summed E-state index contributed by atoms with van der Waals surface area (Å²) in [7, 11) is 194. The van der Waals surface area contributed by atoms with Crippen molar-refractivity contribution in [2.24, 2.45) is 0 Å². The Hall–Kier alpha value is -5.95. The van der Waals surface area contributed by atoms with Gasteiger partial charge in [0.1, 0.15) is 261 Å². The van der Waals surface area contributed by atoms with Crippen molar-refractivity contribution in [3.63, 3.8) is 0 Å². The van der Waals surface area contributed by atoms with Gasteiger partial charge in [-0.15, -0.1) is 65.6 Å². The topological polar surface area (TPSA) is 78.1 Å². The van der Waals surface area contributed by atoms with E-state index in [1.807, 2.05) is 0 Å². The summed E-state index contributed by atoms with van der Waals surface area (Å²) in [5.74, 6) is -1.02. The van der Waals surface area contributed by atoms with Crippen LogP contribution >= 0.6 is 0 Å². The highest BCUT2D eigenvalue weighted by atomic mass is 16.3. The average Bonchev–Trinajstić information content (AvgIpc) is 1.59. The zero-order valence-corrected chi connectivity index (χ0v) is 44.8. The molecule has 0 spiro atoms. The summed E-state index contributed by atoms with van der Waals surface area (Å²) in [5, 5.41) is 0.182. The van der Waals surface area contributed by atoms with E-state index < -0.39 is 0 Å². The molecule has 8 aromatic carbocycles. The summed E-state index contributed by atoms with van der Waals surface area (Å²) in [6.45, 7) is 0. The van der Waals surface area contributed by atoms with Gasteiger partial charge in [0.2, 0.25) is 0 Å². The smallest absolute Gasteiger partial charge is 0.167 e. The summed E-state index contributed by atoms with van der Waals surface area (Å²) < 4.78 is 19.7. The average molecular weight is 1020 g/mol. The molecule has 0 amide bonds. The summed E-state index contributed by atoms with van der Waals surface area (Å²) in [6.07, 6.45) is 0. The fraction of sp³-hybridized carbons (Fsp3) is 0. The maximum Gasteiger partial charge on any atom is 0.167 e. The third-order valence-corrected chi connectivity index (χ3v) is 16.0. The second-order valence-corrected chi connectivity index (χ2v) is 20.5. The molecule has 12 rings (SSSR count). The van der Waals surface area contributed by atoms with Crippen molar-refractivity contribution in [2.45, 2.75) is 0 Å². The molecule has 0 saturated heterocycles. The maximum atomic E-state index is 7.32. The molecular weight excluding hydrogens is 1020 g/mol. The normalized spacial score (nSPS) is 11.9. The van der Waals surface area contributed by atoms with Crippen LogP contribution in [0.5, 0.6) is 0 Å². The molecule has 12 aromatic rings. The molecule has 4 aromatic heterocycles. The first-order chi connectivity index (χ1) is 40.3. The molecule has 58 radical (unpaired) electrons. The second-order valence-electron chi connectivity index (χ2n) is 20.5. The van der Waals surface area contributed by atoms with E-state index in [4.69, 9.17) is 256 Å². The van der Waals surface area contributed by atoms with Crippen molar-refractivity contribution < 1.29 is 13.3 Å². The Labute approximate surface area is 532 Å². The molecule has 0 unspecified atom stereocenters. The first kappa shape index (κ1) is 60.3. The number of nitrogens with zero attached hydrogens (tertiary/aromatic N) is 3. The van der Waals surface area contributed by atoms with Gasteiger partial charge in [0.05, 0.1) is 5.56 Å². The molecule has 35 heteroatoms. The summed E-state index contributed by atoms with van der Waals surface area (Å²) >= 11 is 0. The van der Waals surface area contributed by atoms with Gasteiger partial charge in [-0.3, -0.25) is 0 Å². The molecule has 0 saturated carbocycles. The Morgan fingerprint density at radius 2 is 0.349 bits per heavy atom. The van der Waals surface area contributed by atoms with Crippen molar-refractivity contribution in [1.29, 1.82) is 0 Å². The van der Waals surface area contributed by atoms with Crippen LogP contribution in [0.3, 0.4) is 0 Å². The second kappa shape index (κ2) is 20.6. The lowest BCUT2D eigenvalue weighted by molar-refractivity contribution is 0.672. The fourth-order valence-corrected chi connectivity index (χ4v) is 11.3. The lowest BCUT2D eigenvalue weighted by Gasteiger charge is -2.26. The lowest BCUT2D eigenvalue weighted by atomic mass is 9.58. The highest BCUT2D eigenvalue weighted by Crippen LogP contribution is 2.39. The van der Waals surface area contributed by atoms with Gasteiger partial charge < -0.3 is 13.3 Å². The van der Waals surface area contributed by atoms with Crippen LogP contribution < -0.4 is 158 Å². The predicted octanol–water partition coefficient (Wildman–Crippen LogP) is -21.1. The standard InChI is InChI=1S/C51B29N3O3/c52-14-1(2-6-20(58)31(69)38(76)41(79)47(6)84-43(2)8(18(14)56)5-16(54)29(67)36(74)30(68)17(5)55)4-15(53)19(57)10-9-22(60)28(66)26(64)13(44(9)85-46(10)27(4)65)51-82-49(81-50(83-51)12-24(62)33(71)37(75)34(72)25(12)63)11-3-7-21(59)32(70)39(77)42(80)48(7)86-45(3)40(78)35(73)23(11)61. The molecule has 0 bridgehead atoms. The van der Waals surface area contributed by atoms with Crippen LogP contribution in [0, 0.1) is 0 Å². The van der Waals surface area contributed by atoms with Crippen molar-refractivity contribution in [1.82, 2.24) is 15.0 Å². The Morgan fingerprint density at radius 3 is 0.814 bits per heavy atom. The fourth-order valence-electron chi connectivity index (χ4n) is 11.3. The number of furan rings is 3. The zero-order valence-electron chi connectivity index (χ0n) is 44.8. The van der Waals surface area contributed by atoms with Gasteiger partial charge in [0.15, 0.2) is 17.5 Å². The molecule has 0 aliphatic carbocycles. The highest BCUT2D eigenvalue weighted by Gasteiger charge is 2.33. The van der Waals surface area contributed by atoms with E-state index in [1.165, 1.54) is 0 Å². The van der Waals surface area contributed by atoms with Crippen LogP contribution in [0.2, 0.25) is 0 Å². The van der Waals surface area contributed by atoms with E-state index in [0.29, 0.717) is 0 Å². The third-order valence-electron chi connectivity index (χ3n) is 16.0. The van der Waals surface area contributed by atoms with Crippen LogP contribution in [0.4, 0.5) is 0 Å². The van der Waals surface area contributed by atoms with Crippen molar-refractivity contribution in [3.05, 3.63) is 0 Å². The quantitative estimate of drug-likeness (QED) is 0.160. The molecule has 0 fully saturated rings. The predicted molar refractivity (Wildman–Crippen MR) is 385 cm³/mol. The minimum Gasteiger partial charge on any atom is -0.457 e. The molecular formula is C51B29N3O3. The highest BCUT2D eigenvalue weighted by molar-refractivity contribution is 6.75. The van der Waals surface area contributed by atoms with E-state index in [9.17, 15) is 0 Å². The maximum absolute atomic E-state index is 7.32. The Balaban J connectivity index is 1.24. The number of hydrogen-bond donors (Lipinski definition) is 0. The number of rotatable bonds is 5. The first-order valence-corrected chi connectivity index (χ1v) is 24.9. The van der Waals surface area contributed by atoms with Crippen LogP contribution in [-0.4, -0.2) is 242 Å². The number of aromatic nitrogens is 3. The van der Waals surface area contributed by atoms with Gasteiger partial charge in [-0.2, -0.15) is 0 Å². The van der Waals surface area contributed by atoms with Gasteiger partial charge >= 0.3 is 0 Å². The van der Waals surface area contributed by atoms with Crippen molar-refractivity contribution in [2.75, 3.05) is 0 Å². The lowest BCUT2D eigenvalue weighted by Crippen LogP contribution is -2.55. The summed E-state index contributed by atoms with van der Waals surface area (Å²) in [6, 6.07) is 0. The van der Waals surface area contributed by atoms with E-state index in [1.54, 1.807) is 0 Å². The van der Waals surface area contributed by atoms with Crippen LogP contribution in [0.1, 0.15) is 0 Å². The Kier molecular flexibility index (Phi) is 14.4. The molecule has 0 N–H and O–H groups in total. The van der Waals surface area contributed by atoms with E-state index in [2.05, 4.69) is 0 Å². The molecule has 0 atom stereocenters. The van der Waals surface area contributed by atoms with Gasteiger partial charge in [0, 0.05) is 49.0 Å². The Morgan fingerprint density at radius 1 is 0.140 bits per heavy atom. The van der Waals surface area contributed by atoms with Crippen molar-refractivity contribution in [3.8, 4) is 56.4 Å². The van der Waals surface area contributed by atoms with Crippen molar-refractivity contribution >= 4 is 452 Å². The van der Waals surface area contributed by atoms with Gasteiger partial charge in [-0.25, -0.2) is 15.0 Å². The molecule has 4 heterocycles. The molecule has 6 nitrogen and oxygen atoms in total. The molecule has 86 heavy (non-hydrogen) atoms. The monoisotopic (exact) mass is 1020 g/mol. The van der Waals surface area contributed by atoms with E-state index in [-0.39, 0.29) is 281 Å². The van der Waals surface area contributed by atoms with E-state index >= 15 is 0 Å². The first-order valence-electron chi connectivity index (χ1n) is 24.9. The van der Waals surface area contributed by atoms with Gasteiger partial charge in [-0.05, 0) is 22.2 Å². The van der Waals surface area contributed by atoms with E-state index in [0.717, 1.165) is 0 Å². The minimum absolute atomic E-state index is 0.0102. The molecule has 0 aliphatic heterocycles. The SMILES string of the molecule is [B]c1c([B])c([B])c(-c2nc(-c3c([B])c([B])c([B])c4c3oc3c([B])c(-c5c([B])c([B])c(-c6c([B])c([B])c([B])c([B])c6[B])c6oc7c([B])c([B])c([B])c([B])c7c56)c([B])c([B])c34)nc(-c3c([B])c([B])c([B])c4oc5c([B])c([B])c([B])c([B])c5c34)n2)c([B])c1[B]. The zero-order chi connectivity index (χ0) is 62.7. The number of benzene rings is 8. The largest absolute Gasteiger partial charge is 0.457 e. The minimum atomic E-state index is -0.366. The molecule has 0 aliphatic rings. The number of fused-ring (bicyclic) bond motifs is 9. The van der Waals surface area contributed by atoms with Gasteiger partial charge in [0.25, 0.3) is 0 Å². The Bertz CT molecular complexity index is 5190. The van der Waals surface area contributed by atoms with Crippen LogP contribution in [0.15, 0.2) is 13.3 Å². The summed E-state index contributed by atoms with van der Waals surface area (Å²) in [5.41, 5.74) is -6.59. The molecule has 324 valence electrons. The third kappa shape index (κ3) is 7.91. The number of hydrogen-bond acceptors (Lipinski definition) is 6. The van der Waals surface area contributed by atoms with Crippen LogP contribution in [0.25, 0.3) is 122 Å². The summed E-state index contributed by atoms with van der Waals surface area (Å²) in [4.78, 5) is 14.6. The van der Waals surface area contributed by atoms with Gasteiger partial charge in [-0.1, -0.05) is 87.4 Å².